The van der Waals surface area contributed by atoms with Gasteiger partial charge in [-0.15, -0.1) is 5.10 Å². The third-order valence-corrected chi connectivity index (χ3v) is 4.77. The van der Waals surface area contributed by atoms with Crippen LogP contribution in [-0.2, 0) is 0 Å². The summed E-state index contributed by atoms with van der Waals surface area (Å²) in [5.41, 5.74) is -0.229. The van der Waals surface area contributed by atoms with Crippen molar-refractivity contribution in [1.82, 2.24) is 14.6 Å². The van der Waals surface area contributed by atoms with Gasteiger partial charge in [-0.05, 0) is 24.3 Å². The van der Waals surface area contributed by atoms with Crippen LogP contribution in [0, 0.1) is 0 Å². The number of rotatable bonds is 2. The first-order valence-corrected chi connectivity index (χ1v) is 8.43. The van der Waals surface area contributed by atoms with Gasteiger partial charge in [0.15, 0.2) is 23.4 Å². The molecule has 0 bridgehead atoms. The standard InChI is InChI=1S/C17H11N3O4S/c21-16-14(8-10-4-3-7-22-10)25-17-18-15(19-20(16)17)13-9-23-11-5-1-2-6-12(11)24-13/h1-8,13H,9H2/b14-8+/t13-/m1/s1. The predicted molar refractivity (Wildman–Crippen MR) is 89.9 cm³/mol. The predicted octanol–water partition coefficient (Wildman–Crippen LogP) is 1.80. The SMILES string of the molecule is O=c1/c(=C\c2ccco2)sc2nc([C@H]3COc4ccccc4O3)nn12. The summed E-state index contributed by atoms with van der Waals surface area (Å²) in [4.78, 5) is 17.4. The highest BCUT2D eigenvalue weighted by atomic mass is 32.1. The fourth-order valence-corrected chi connectivity index (χ4v) is 3.53. The summed E-state index contributed by atoms with van der Waals surface area (Å²) in [5.74, 6) is 2.38. The van der Waals surface area contributed by atoms with E-state index >= 15 is 0 Å². The topological polar surface area (TPSA) is 78.9 Å². The van der Waals surface area contributed by atoms with Crippen molar-refractivity contribution in [3.63, 3.8) is 0 Å². The number of ether oxygens (including phenoxy) is 2. The van der Waals surface area contributed by atoms with Crippen molar-refractivity contribution in [1.29, 1.82) is 0 Å². The van der Waals surface area contributed by atoms with E-state index in [1.54, 1.807) is 24.5 Å². The quantitative estimate of drug-likeness (QED) is 0.547. The average Bonchev–Trinajstić information content (AvgIpc) is 3.35. The number of para-hydroxylation sites is 2. The molecule has 0 N–H and O–H groups in total. The molecule has 0 radical (unpaired) electrons. The van der Waals surface area contributed by atoms with Gasteiger partial charge < -0.3 is 13.9 Å². The van der Waals surface area contributed by atoms with Crippen molar-refractivity contribution >= 4 is 22.4 Å². The van der Waals surface area contributed by atoms with Crippen molar-refractivity contribution in [3.8, 4) is 11.5 Å². The number of thiazole rings is 1. The molecule has 4 heterocycles. The molecule has 4 aromatic rings. The van der Waals surface area contributed by atoms with Crippen LogP contribution in [0.3, 0.4) is 0 Å². The number of hydrogen-bond acceptors (Lipinski definition) is 7. The molecule has 0 aliphatic carbocycles. The Kier molecular flexibility index (Phi) is 3.10. The molecule has 7 nitrogen and oxygen atoms in total. The molecule has 0 saturated carbocycles. The smallest absolute Gasteiger partial charge is 0.291 e. The molecule has 0 unspecified atom stereocenters. The number of furan rings is 1. The van der Waals surface area contributed by atoms with Crippen LogP contribution >= 0.6 is 11.3 Å². The second-order valence-corrected chi connectivity index (χ2v) is 6.47. The third-order valence-electron chi connectivity index (χ3n) is 3.81. The molecule has 3 aromatic heterocycles. The van der Waals surface area contributed by atoms with Crippen LogP contribution in [-0.4, -0.2) is 21.2 Å². The zero-order valence-corrected chi connectivity index (χ0v) is 13.6. The van der Waals surface area contributed by atoms with Gasteiger partial charge in [-0.1, -0.05) is 23.5 Å². The maximum atomic E-state index is 12.5. The molecule has 8 heteroatoms. The van der Waals surface area contributed by atoms with Crippen LogP contribution in [0.5, 0.6) is 11.5 Å². The lowest BCUT2D eigenvalue weighted by atomic mass is 10.2. The fraction of sp³-hybridized carbons (Fsp3) is 0.118. The maximum Gasteiger partial charge on any atom is 0.291 e. The minimum absolute atomic E-state index is 0.229. The molecule has 1 aromatic carbocycles. The van der Waals surface area contributed by atoms with Crippen molar-refractivity contribution in [2.75, 3.05) is 6.61 Å². The van der Waals surface area contributed by atoms with Crippen LogP contribution in [0.15, 0.2) is 51.9 Å². The van der Waals surface area contributed by atoms with Gasteiger partial charge in [-0.2, -0.15) is 9.50 Å². The Morgan fingerprint density at radius 1 is 1.20 bits per heavy atom. The van der Waals surface area contributed by atoms with E-state index in [4.69, 9.17) is 13.9 Å². The Balaban J connectivity index is 1.51. The summed E-state index contributed by atoms with van der Waals surface area (Å²) in [6.45, 7) is 0.300. The second-order valence-electron chi connectivity index (χ2n) is 5.46. The van der Waals surface area contributed by atoms with Crippen LogP contribution in [0.25, 0.3) is 11.0 Å². The molecule has 124 valence electrons. The normalized spacial score (nSPS) is 17.3. The fourth-order valence-electron chi connectivity index (χ4n) is 2.63. The van der Waals surface area contributed by atoms with E-state index in [-0.39, 0.29) is 5.56 Å². The van der Waals surface area contributed by atoms with E-state index in [1.807, 2.05) is 24.3 Å². The maximum absolute atomic E-state index is 12.5. The number of benzene rings is 1. The lowest BCUT2D eigenvalue weighted by Gasteiger charge is -2.24. The zero-order valence-electron chi connectivity index (χ0n) is 12.8. The number of nitrogens with zero attached hydrogens (tertiary/aromatic N) is 3. The van der Waals surface area contributed by atoms with Crippen molar-refractivity contribution in [2.45, 2.75) is 6.10 Å². The van der Waals surface area contributed by atoms with Gasteiger partial charge in [-0.25, -0.2) is 0 Å². The minimum Gasteiger partial charge on any atom is -0.485 e. The first kappa shape index (κ1) is 14.2. The highest BCUT2D eigenvalue weighted by Gasteiger charge is 2.27. The Labute approximate surface area is 144 Å². The van der Waals surface area contributed by atoms with E-state index in [2.05, 4.69) is 10.1 Å². The molecule has 1 atom stereocenters. The number of aromatic nitrogens is 3. The Hall–Kier alpha value is -3.13. The third kappa shape index (κ3) is 2.38. The van der Waals surface area contributed by atoms with Crippen molar-refractivity contribution in [2.24, 2.45) is 0 Å². The van der Waals surface area contributed by atoms with E-state index in [9.17, 15) is 4.79 Å². The zero-order chi connectivity index (χ0) is 16.8. The van der Waals surface area contributed by atoms with Crippen LogP contribution in [0.2, 0.25) is 0 Å². The Bertz CT molecular complexity index is 1160. The average molecular weight is 353 g/mol. The molecular formula is C17H11N3O4S. The molecule has 5 rings (SSSR count). The molecule has 25 heavy (non-hydrogen) atoms. The summed E-state index contributed by atoms with van der Waals surface area (Å²) in [5, 5.41) is 4.31. The first-order chi connectivity index (χ1) is 12.3. The van der Waals surface area contributed by atoms with E-state index < -0.39 is 6.10 Å². The second kappa shape index (κ2) is 5.45. The molecular weight excluding hydrogens is 342 g/mol. The Morgan fingerprint density at radius 2 is 2.08 bits per heavy atom. The summed E-state index contributed by atoms with van der Waals surface area (Å²) in [6, 6.07) is 11.0. The molecule has 0 fully saturated rings. The summed E-state index contributed by atoms with van der Waals surface area (Å²) in [6.07, 6.45) is 2.79. The minimum atomic E-state index is -0.445. The summed E-state index contributed by atoms with van der Waals surface area (Å²) >= 11 is 1.26. The number of hydrogen-bond donors (Lipinski definition) is 0. The van der Waals surface area contributed by atoms with Gasteiger partial charge in [0.1, 0.15) is 16.9 Å². The molecule has 0 saturated heterocycles. The van der Waals surface area contributed by atoms with Crippen molar-refractivity contribution < 1.29 is 13.9 Å². The molecule has 0 spiro atoms. The van der Waals surface area contributed by atoms with Crippen LogP contribution < -0.4 is 19.6 Å². The summed E-state index contributed by atoms with van der Waals surface area (Å²) < 4.78 is 18.6. The van der Waals surface area contributed by atoms with Crippen LogP contribution in [0.4, 0.5) is 0 Å². The van der Waals surface area contributed by atoms with Gasteiger partial charge in [0.05, 0.1) is 6.26 Å². The van der Waals surface area contributed by atoms with Gasteiger partial charge in [0.25, 0.3) is 5.56 Å². The monoisotopic (exact) mass is 353 g/mol. The highest BCUT2D eigenvalue weighted by molar-refractivity contribution is 7.15. The van der Waals surface area contributed by atoms with E-state index in [0.29, 0.717) is 39.2 Å². The van der Waals surface area contributed by atoms with Gasteiger partial charge >= 0.3 is 0 Å². The molecule has 1 aliphatic rings. The lowest BCUT2D eigenvalue weighted by Crippen LogP contribution is -2.26. The molecule has 0 amide bonds. The van der Waals surface area contributed by atoms with Gasteiger partial charge in [0, 0.05) is 6.08 Å². The van der Waals surface area contributed by atoms with Gasteiger partial charge in [-0.3, -0.25) is 4.79 Å². The summed E-state index contributed by atoms with van der Waals surface area (Å²) in [7, 11) is 0. The van der Waals surface area contributed by atoms with Crippen LogP contribution in [0.1, 0.15) is 17.7 Å². The van der Waals surface area contributed by atoms with Gasteiger partial charge in [0.2, 0.25) is 4.96 Å². The lowest BCUT2D eigenvalue weighted by molar-refractivity contribution is 0.0852. The molecule has 1 aliphatic heterocycles. The van der Waals surface area contributed by atoms with Crippen molar-refractivity contribution in [3.05, 3.63) is 69.1 Å². The first-order valence-electron chi connectivity index (χ1n) is 7.61. The Morgan fingerprint density at radius 3 is 2.88 bits per heavy atom. The van der Waals surface area contributed by atoms with E-state index in [1.165, 1.54) is 15.9 Å². The van der Waals surface area contributed by atoms with E-state index in [0.717, 1.165) is 0 Å². The number of fused-ring (bicyclic) bond motifs is 2. The largest absolute Gasteiger partial charge is 0.485 e. The highest BCUT2D eigenvalue weighted by Crippen LogP contribution is 2.35.